The Hall–Kier alpha value is -3.10. The molecule has 0 aromatic heterocycles. The number of carbonyl (C=O) groups is 4. The fraction of sp³-hybridized carbons (Fsp3) is 0.360. The SMILES string of the molecule is COc1ccccc1NC(=O)COC(=O)c1cccc(N2C(=O)[C@@H]3[C@H]4C[C@@H]([C@@H](Cl)[C@H]4Cl)[C@H]3C2=O)c1. The molecule has 1 N–H and O–H groups in total. The highest BCUT2D eigenvalue weighted by Crippen LogP contribution is 2.59. The van der Waals surface area contributed by atoms with Gasteiger partial charge >= 0.3 is 5.97 Å². The molecule has 2 aromatic rings. The Bertz CT molecular complexity index is 1190. The fourth-order valence-corrected chi connectivity index (χ4v) is 6.42. The third-order valence-electron chi connectivity index (χ3n) is 7.04. The summed E-state index contributed by atoms with van der Waals surface area (Å²) in [6, 6.07) is 12.9. The van der Waals surface area contributed by atoms with Crippen LogP contribution in [-0.4, -0.2) is 48.2 Å². The van der Waals surface area contributed by atoms with Crippen LogP contribution >= 0.6 is 23.2 Å². The van der Waals surface area contributed by atoms with Crippen molar-refractivity contribution in [3.05, 3.63) is 54.1 Å². The van der Waals surface area contributed by atoms with Crippen molar-refractivity contribution >= 4 is 58.3 Å². The summed E-state index contributed by atoms with van der Waals surface area (Å²) in [7, 11) is 1.48. The Kier molecular flexibility index (Phi) is 6.19. The number of methoxy groups -OCH3 is 1. The number of benzene rings is 2. The van der Waals surface area contributed by atoms with Gasteiger partial charge in [-0.15, -0.1) is 23.2 Å². The molecule has 3 fully saturated rings. The van der Waals surface area contributed by atoms with E-state index in [9.17, 15) is 19.2 Å². The molecule has 3 amide bonds. The maximum absolute atomic E-state index is 13.2. The average molecular weight is 517 g/mol. The quantitative estimate of drug-likeness (QED) is 0.358. The number of ether oxygens (including phenoxy) is 2. The number of imide groups is 1. The van der Waals surface area contributed by atoms with Crippen LogP contribution in [0.25, 0.3) is 0 Å². The normalized spacial score (nSPS) is 28.7. The number of nitrogens with one attached hydrogen (secondary N) is 1. The van der Waals surface area contributed by atoms with Gasteiger partial charge in [-0.3, -0.25) is 19.3 Å². The summed E-state index contributed by atoms with van der Waals surface area (Å²) in [5.41, 5.74) is 0.833. The fourth-order valence-electron chi connectivity index (χ4n) is 5.52. The minimum atomic E-state index is -0.761. The number of para-hydroxylation sites is 2. The van der Waals surface area contributed by atoms with Gasteiger partial charge in [0.05, 0.1) is 46.6 Å². The van der Waals surface area contributed by atoms with Gasteiger partial charge in [-0.25, -0.2) is 4.79 Å². The van der Waals surface area contributed by atoms with E-state index >= 15 is 0 Å². The van der Waals surface area contributed by atoms with Crippen LogP contribution in [0.4, 0.5) is 11.4 Å². The van der Waals surface area contributed by atoms with Gasteiger partial charge in [0.25, 0.3) is 5.91 Å². The highest BCUT2D eigenvalue weighted by molar-refractivity contribution is 6.32. The second kappa shape index (κ2) is 9.17. The lowest BCUT2D eigenvalue weighted by Crippen LogP contribution is -2.37. The number of esters is 1. The number of anilines is 2. The Balaban J connectivity index is 1.26. The molecule has 5 rings (SSSR count). The van der Waals surface area contributed by atoms with E-state index in [-0.39, 0.29) is 45.7 Å². The first-order valence-corrected chi connectivity index (χ1v) is 12.0. The summed E-state index contributed by atoms with van der Waals surface area (Å²) in [5, 5.41) is 1.93. The van der Waals surface area contributed by atoms with Crippen LogP contribution in [0, 0.1) is 23.7 Å². The van der Waals surface area contributed by atoms with Crippen molar-refractivity contribution in [3.63, 3.8) is 0 Å². The van der Waals surface area contributed by atoms with Crippen LogP contribution in [0.15, 0.2) is 48.5 Å². The van der Waals surface area contributed by atoms with E-state index in [2.05, 4.69) is 5.32 Å². The third kappa shape index (κ3) is 3.94. The van der Waals surface area contributed by atoms with E-state index in [1.54, 1.807) is 36.4 Å². The number of rotatable bonds is 6. The van der Waals surface area contributed by atoms with Crippen molar-refractivity contribution < 1.29 is 28.7 Å². The first-order chi connectivity index (χ1) is 16.8. The molecule has 1 saturated heterocycles. The van der Waals surface area contributed by atoms with Gasteiger partial charge in [0.1, 0.15) is 5.75 Å². The second-order valence-electron chi connectivity index (χ2n) is 8.89. The number of amides is 3. The lowest BCUT2D eigenvalue weighted by Gasteiger charge is -2.28. The summed E-state index contributed by atoms with van der Waals surface area (Å²) in [5.74, 6) is -2.71. The smallest absolute Gasteiger partial charge is 0.338 e. The molecule has 10 heteroatoms. The Morgan fingerprint density at radius 3 is 2.31 bits per heavy atom. The van der Waals surface area contributed by atoms with Gasteiger partial charge in [0.15, 0.2) is 6.61 Å². The van der Waals surface area contributed by atoms with Crippen molar-refractivity contribution in [2.75, 3.05) is 23.9 Å². The average Bonchev–Trinajstić information content (AvgIpc) is 3.47. The number of hydrogen-bond donors (Lipinski definition) is 1. The van der Waals surface area contributed by atoms with Crippen molar-refractivity contribution in [2.24, 2.45) is 23.7 Å². The van der Waals surface area contributed by atoms with Crippen molar-refractivity contribution in [1.82, 2.24) is 0 Å². The van der Waals surface area contributed by atoms with Gasteiger partial charge in [-0.1, -0.05) is 18.2 Å². The molecule has 1 heterocycles. The molecule has 0 unspecified atom stereocenters. The van der Waals surface area contributed by atoms with E-state index in [4.69, 9.17) is 32.7 Å². The number of fused-ring (bicyclic) bond motifs is 5. The molecule has 2 bridgehead atoms. The summed E-state index contributed by atoms with van der Waals surface area (Å²) < 4.78 is 10.3. The highest BCUT2D eigenvalue weighted by Gasteiger charge is 2.66. The zero-order chi connectivity index (χ0) is 24.9. The van der Waals surface area contributed by atoms with Crippen molar-refractivity contribution in [2.45, 2.75) is 17.2 Å². The van der Waals surface area contributed by atoms with Gasteiger partial charge in [-0.05, 0) is 48.6 Å². The van der Waals surface area contributed by atoms with Crippen LogP contribution in [0.3, 0.4) is 0 Å². The molecule has 2 aliphatic carbocycles. The number of nitrogens with zero attached hydrogens (tertiary/aromatic N) is 1. The molecule has 3 aliphatic rings. The Morgan fingerprint density at radius 2 is 1.66 bits per heavy atom. The Morgan fingerprint density at radius 1 is 1.00 bits per heavy atom. The maximum Gasteiger partial charge on any atom is 0.338 e. The van der Waals surface area contributed by atoms with Gasteiger partial charge in [0, 0.05) is 0 Å². The molecule has 1 aliphatic heterocycles. The second-order valence-corrected chi connectivity index (χ2v) is 9.90. The van der Waals surface area contributed by atoms with E-state index in [1.807, 2.05) is 0 Å². The van der Waals surface area contributed by atoms with Crippen LogP contribution in [-0.2, 0) is 19.1 Å². The zero-order valence-corrected chi connectivity index (χ0v) is 20.2. The van der Waals surface area contributed by atoms with Crippen LogP contribution < -0.4 is 15.0 Å². The number of carbonyl (C=O) groups excluding carboxylic acids is 4. The summed E-state index contributed by atoms with van der Waals surface area (Å²) in [6.45, 7) is -0.523. The minimum absolute atomic E-state index is 0.110. The molecule has 8 nitrogen and oxygen atoms in total. The highest BCUT2D eigenvalue weighted by atomic mass is 35.5. The van der Waals surface area contributed by atoms with Gasteiger partial charge in [-0.2, -0.15) is 0 Å². The van der Waals surface area contributed by atoms with Crippen molar-refractivity contribution in [3.8, 4) is 5.75 Å². The molecule has 0 radical (unpaired) electrons. The number of hydrogen-bond acceptors (Lipinski definition) is 6. The first-order valence-electron chi connectivity index (χ1n) is 11.2. The summed E-state index contributed by atoms with van der Waals surface area (Å²) in [6.07, 6.45) is 0.673. The standard InChI is InChI=1S/C25H22Cl2N2O6/c1-34-17-8-3-2-7-16(17)28-18(30)11-35-25(33)12-5-4-6-13(9-12)29-23(31)19-14-10-15(20(19)24(29)32)22(27)21(14)26/h2-9,14-15,19-22H,10-11H2,1H3,(H,28,30)/t14-,15-,19-,20-,21-,22+/m1/s1. The summed E-state index contributed by atoms with van der Waals surface area (Å²) >= 11 is 12.8. The van der Waals surface area contributed by atoms with Crippen LogP contribution in [0.2, 0.25) is 0 Å². The number of halogens is 2. The molecule has 6 atom stereocenters. The first kappa shape index (κ1) is 23.6. The molecule has 2 aromatic carbocycles. The molecule has 35 heavy (non-hydrogen) atoms. The maximum atomic E-state index is 13.2. The van der Waals surface area contributed by atoms with E-state index in [1.165, 1.54) is 19.2 Å². The predicted molar refractivity (Wildman–Crippen MR) is 129 cm³/mol. The van der Waals surface area contributed by atoms with Gasteiger partial charge < -0.3 is 14.8 Å². The molecular formula is C25H22Cl2N2O6. The van der Waals surface area contributed by atoms with E-state index in [0.717, 1.165) is 4.90 Å². The third-order valence-corrected chi connectivity index (χ3v) is 8.36. The van der Waals surface area contributed by atoms with E-state index < -0.39 is 30.3 Å². The van der Waals surface area contributed by atoms with Crippen molar-refractivity contribution in [1.29, 1.82) is 0 Å². The molecule has 182 valence electrons. The largest absolute Gasteiger partial charge is 0.495 e. The number of alkyl halides is 2. The van der Waals surface area contributed by atoms with Crippen LogP contribution in [0.1, 0.15) is 16.8 Å². The Labute approximate surface area is 211 Å². The lowest BCUT2D eigenvalue weighted by molar-refractivity contribution is -0.123. The predicted octanol–water partition coefficient (Wildman–Crippen LogP) is 3.46. The topological polar surface area (TPSA) is 102 Å². The lowest BCUT2D eigenvalue weighted by atomic mass is 9.80. The van der Waals surface area contributed by atoms with Crippen LogP contribution in [0.5, 0.6) is 5.75 Å². The van der Waals surface area contributed by atoms with Gasteiger partial charge in [0.2, 0.25) is 11.8 Å². The molecule has 0 spiro atoms. The van der Waals surface area contributed by atoms with E-state index in [0.29, 0.717) is 17.9 Å². The summed E-state index contributed by atoms with van der Waals surface area (Å²) in [4.78, 5) is 52.3. The zero-order valence-electron chi connectivity index (χ0n) is 18.6. The molecular weight excluding hydrogens is 495 g/mol. The minimum Gasteiger partial charge on any atom is -0.495 e. The monoisotopic (exact) mass is 516 g/mol. The molecule has 2 saturated carbocycles.